The summed E-state index contributed by atoms with van der Waals surface area (Å²) in [6.07, 6.45) is 7.49. The fourth-order valence-corrected chi connectivity index (χ4v) is 2.79. The first-order valence-electron chi connectivity index (χ1n) is 7.11. The number of carbonyl (C=O) groups excluding carboxylic acids is 1. The molecule has 0 aromatic carbocycles. The Kier molecular flexibility index (Phi) is 4.08. The van der Waals surface area contributed by atoms with Crippen molar-refractivity contribution in [3.63, 3.8) is 0 Å². The summed E-state index contributed by atoms with van der Waals surface area (Å²) in [4.78, 5) is 11.4. The highest BCUT2D eigenvalue weighted by Crippen LogP contribution is 2.35. The van der Waals surface area contributed by atoms with E-state index in [1.165, 1.54) is 25.7 Å². The predicted octanol–water partition coefficient (Wildman–Crippen LogP) is 2.07. The van der Waals surface area contributed by atoms with Gasteiger partial charge in [-0.1, -0.05) is 26.7 Å². The van der Waals surface area contributed by atoms with Gasteiger partial charge in [-0.2, -0.15) is 0 Å². The molecule has 3 nitrogen and oxygen atoms in total. The van der Waals surface area contributed by atoms with E-state index in [0.717, 1.165) is 25.9 Å². The van der Waals surface area contributed by atoms with E-state index in [4.69, 9.17) is 0 Å². The minimum Gasteiger partial charge on any atom is -0.355 e. The second-order valence-corrected chi connectivity index (χ2v) is 6.31. The molecule has 3 heteroatoms. The van der Waals surface area contributed by atoms with E-state index < -0.39 is 0 Å². The van der Waals surface area contributed by atoms with Crippen LogP contribution in [0.5, 0.6) is 0 Å². The van der Waals surface area contributed by atoms with E-state index in [9.17, 15) is 4.79 Å². The molecule has 2 saturated carbocycles. The van der Waals surface area contributed by atoms with Crippen LogP contribution in [0.2, 0.25) is 0 Å². The Balaban J connectivity index is 1.61. The van der Waals surface area contributed by atoms with Gasteiger partial charge in [0, 0.05) is 25.0 Å². The Morgan fingerprint density at radius 1 is 1.18 bits per heavy atom. The first kappa shape index (κ1) is 12.9. The summed E-state index contributed by atoms with van der Waals surface area (Å²) in [5.74, 6) is 0.593. The molecule has 1 unspecified atom stereocenters. The van der Waals surface area contributed by atoms with Crippen LogP contribution in [0.1, 0.15) is 52.4 Å². The average Bonchev–Trinajstić information content (AvgIpc) is 3.09. The van der Waals surface area contributed by atoms with Crippen molar-refractivity contribution in [2.24, 2.45) is 11.3 Å². The molecule has 2 rings (SSSR count). The van der Waals surface area contributed by atoms with Crippen LogP contribution >= 0.6 is 0 Å². The molecule has 0 aliphatic heterocycles. The molecule has 2 fully saturated rings. The van der Waals surface area contributed by atoms with E-state index in [0.29, 0.717) is 17.4 Å². The second-order valence-electron chi connectivity index (χ2n) is 6.31. The quantitative estimate of drug-likeness (QED) is 0.720. The lowest BCUT2D eigenvalue weighted by Crippen LogP contribution is -2.46. The van der Waals surface area contributed by atoms with Gasteiger partial charge in [0.25, 0.3) is 0 Å². The molecule has 0 saturated heterocycles. The van der Waals surface area contributed by atoms with Gasteiger partial charge in [0.05, 0.1) is 0 Å². The van der Waals surface area contributed by atoms with Gasteiger partial charge in [0.2, 0.25) is 5.91 Å². The van der Waals surface area contributed by atoms with Gasteiger partial charge in [-0.15, -0.1) is 0 Å². The Morgan fingerprint density at radius 2 is 1.94 bits per heavy atom. The second kappa shape index (κ2) is 5.38. The summed E-state index contributed by atoms with van der Waals surface area (Å²) >= 11 is 0. The highest BCUT2D eigenvalue weighted by Gasteiger charge is 2.32. The molecule has 17 heavy (non-hydrogen) atoms. The third-order valence-electron chi connectivity index (χ3n) is 4.27. The summed E-state index contributed by atoms with van der Waals surface area (Å²) < 4.78 is 0. The molecule has 0 radical (unpaired) electrons. The highest BCUT2D eigenvalue weighted by molar-refractivity contribution is 5.80. The summed E-state index contributed by atoms with van der Waals surface area (Å²) in [7, 11) is 0. The zero-order chi connectivity index (χ0) is 12.3. The van der Waals surface area contributed by atoms with Crippen molar-refractivity contribution < 1.29 is 4.79 Å². The zero-order valence-electron chi connectivity index (χ0n) is 11.2. The maximum atomic E-state index is 11.4. The topological polar surface area (TPSA) is 41.1 Å². The van der Waals surface area contributed by atoms with Crippen LogP contribution in [0.4, 0.5) is 0 Å². The van der Waals surface area contributed by atoms with Gasteiger partial charge in [-0.05, 0) is 31.1 Å². The fourth-order valence-electron chi connectivity index (χ4n) is 2.79. The Labute approximate surface area is 105 Å². The normalized spacial score (nSPS) is 27.8. The van der Waals surface area contributed by atoms with Crippen LogP contribution in [0, 0.1) is 11.3 Å². The molecule has 2 N–H and O–H groups in total. The van der Waals surface area contributed by atoms with Crippen LogP contribution in [-0.2, 0) is 4.79 Å². The number of hydrogen-bond acceptors (Lipinski definition) is 2. The molecule has 0 heterocycles. The lowest BCUT2D eigenvalue weighted by Gasteiger charge is -2.39. The monoisotopic (exact) mass is 238 g/mol. The van der Waals surface area contributed by atoms with Crippen LogP contribution in [-0.4, -0.2) is 25.0 Å². The Bertz CT molecular complexity index is 271. The first-order valence-corrected chi connectivity index (χ1v) is 7.11. The maximum absolute atomic E-state index is 11.4. The zero-order valence-corrected chi connectivity index (χ0v) is 11.2. The van der Waals surface area contributed by atoms with Gasteiger partial charge < -0.3 is 10.6 Å². The van der Waals surface area contributed by atoms with Crippen LogP contribution in [0.25, 0.3) is 0 Å². The van der Waals surface area contributed by atoms with E-state index in [-0.39, 0.29) is 5.91 Å². The van der Waals surface area contributed by atoms with E-state index in [2.05, 4.69) is 24.5 Å². The lowest BCUT2D eigenvalue weighted by molar-refractivity contribution is -0.122. The van der Waals surface area contributed by atoms with Gasteiger partial charge >= 0.3 is 0 Å². The van der Waals surface area contributed by atoms with Crippen molar-refractivity contribution in [2.75, 3.05) is 13.1 Å². The van der Waals surface area contributed by atoms with Crippen molar-refractivity contribution in [1.82, 2.24) is 10.6 Å². The summed E-state index contributed by atoms with van der Waals surface area (Å²) in [6, 6.07) is 0.620. The smallest absolute Gasteiger partial charge is 0.223 e. The van der Waals surface area contributed by atoms with Crippen molar-refractivity contribution in [2.45, 2.75) is 58.4 Å². The summed E-state index contributed by atoms with van der Waals surface area (Å²) in [6.45, 7) is 6.40. The minimum atomic E-state index is 0.259. The molecule has 1 amide bonds. The van der Waals surface area contributed by atoms with Gasteiger partial charge in [-0.3, -0.25) is 4.79 Å². The number of rotatable bonds is 5. The molecule has 2 aliphatic carbocycles. The lowest BCUT2D eigenvalue weighted by atomic mass is 9.73. The summed E-state index contributed by atoms with van der Waals surface area (Å²) in [5, 5.41) is 6.62. The Morgan fingerprint density at radius 3 is 2.59 bits per heavy atom. The molecule has 0 bridgehead atoms. The van der Waals surface area contributed by atoms with Crippen LogP contribution in [0.15, 0.2) is 0 Å². The number of amides is 1. The highest BCUT2D eigenvalue weighted by atomic mass is 16.2. The predicted molar refractivity (Wildman–Crippen MR) is 69.8 cm³/mol. The van der Waals surface area contributed by atoms with E-state index >= 15 is 0 Å². The Hall–Kier alpha value is -0.570. The van der Waals surface area contributed by atoms with Crippen molar-refractivity contribution in [1.29, 1.82) is 0 Å². The largest absolute Gasteiger partial charge is 0.355 e. The van der Waals surface area contributed by atoms with E-state index in [1.54, 1.807) is 0 Å². The summed E-state index contributed by atoms with van der Waals surface area (Å²) in [5.41, 5.74) is 0.415. The molecular formula is C14H26N2O. The van der Waals surface area contributed by atoms with Crippen molar-refractivity contribution in [3.05, 3.63) is 0 Å². The van der Waals surface area contributed by atoms with Crippen LogP contribution < -0.4 is 10.6 Å². The molecule has 0 aromatic heterocycles. The molecule has 0 aromatic rings. The maximum Gasteiger partial charge on any atom is 0.223 e. The number of nitrogens with one attached hydrogen (secondary N) is 2. The van der Waals surface area contributed by atoms with Crippen LogP contribution in [0.3, 0.4) is 0 Å². The van der Waals surface area contributed by atoms with E-state index in [1.807, 2.05) is 0 Å². The molecule has 1 atom stereocenters. The fraction of sp³-hybridized carbons (Fsp3) is 0.929. The van der Waals surface area contributed by atoms with Crippen molar-refractivity contribution >= 4 is 5.91 Å². The molecule has 0 spiro atoms. The van der Waals surface area contributed by atoms with Gasteiger partial charge in [0.1, 0.15) is 0 Å². The van der Waals surface area contributed by atoms with Crippen molar-refractivity contribution in [3.8, 4) is 0 Å². The standard InChI is InChI=1S/C14H26N2O/c1-14(2)8-4-3-5-12(14)15-9-10-16-13(17)11-6-7-11/h11-12,15H,3-10H2,1-2H3,(H,16,17). The molecule has 98 valence electrons. The molecule has 2 aliphatic rings. The van der Waals surface area contributed by atoms with Gasteiger partial charge in [0.15, 0.2) is 0 Å². The number of carbonyl (C=O) groups is 1. The van der Waals surface area contributed by atoms with Gasteiger partial charge in [-0.25, -0.2) is 0 Å². The average molecular weight is 238 g/mol. The molecular weight excluding hydrogens is 212 g/mol. The third-order valence-corrected chi connectivity index (χ3v) is 4.27. The SMILES string of the molecule is CC1(C)CCCCC1NCCNC(=O)C1CC1. The third kappa shape index (κ3) is 3.70. The number of hydrogen-bond donors (Lipinski definition) is 2. The first-order chi connectivity index (χ1) is 8.09. The minimum absolute atomic E-state index is 0.259.